The largest absolute Gasteiger partial charge is 0.550 e. The van der Waals surface area contributed by atoms with Crippen LogP contribution in [0.3, 0.4) is 0 Å². The molecule has 1 N–H and O–H groups in total. The molecular weight excluding hydrogens is 812 g/mol. The Bertz CT molecular complexity index is 1590. The van der Waals surface area contributed by atoms with E-state index in [1.165, 1.54) is 9.80 Å². The first-order chi connectivity index (χ1) is 29.0. The van der Waals surface area contributed by atoms with Gasteiger partial charge in [-0.25, -0.2) is 0 Å². The third-order valence-electron chi connectivity index (χ3n) is 15.4. The van der Waals surface area contributed by atoms with Gasteiger partial charge in [0.25, 0.3) is 0 Å². The second-order valence-electron chi connectivity index (χ2n) is 18.9. The summed E-state index contributed by atoms with van der Waals surface area (Å²) in [5.41, 5.74) is 0.105. The number of nitrogens with zero attached hydrogens (tertiary/aromatic N) is 4. The summed E-state index contributed by atoms with van der Waals surface area (Å²) in [6.07, 6.45) is 7.94. The number of hydrogen-bond acceptors (Lipinski definition) is 17. The quantitative estimate of drug-likeness (QED) is 0.0850. The lowest BCUT2D eigenvalue weighted by Gasteiger charge is -2.62. The summed E-state index contributed by atoms with van der Waals surface area (Å²) in [6.45, 7) is 1.39. The Kier molecular flexibility index (Phi) is 17.7. The van der Waals surface area contributed by atoms with Gasteiger partial charge in [0.05, 0.1) is 29.8 Å². The van der Waals surface area contributed by atoms with Gasteiger partial charge >= 0.3 is 5.97 Å². The van der Waals surface area contributed by atoms with Crippen LogP contribution in [0.4, 0.5) is 0 Å². The van der Waals surface area contributed by atoms with Crippen LogP contribution in [-0.4, -0.2) is 143 Å². The Balaban J connectivity index is 1.48. The molecule has 0 saturated heterocycles. The van der Waals surface area contributed by atoms with E-state index in [1.54, 1.807) is 0 Å². The van der Waals surface area contributed by atoms with Crippen LogP contribution in [0, 0.1) is 46.3 Å². The van der Waals surface area contributed by atoms with Crippen molar-refractivity contribution in [1.29, 1.82) is 0 Å². The Labute approximate surface area is 362 Å². The summed E-state index contributed by atoms with van der Waals surface area (Å²) < 4.78 is 0. The Morgan fingerprint density at radius 2 is 1.15 bits per heavy atom. The SMILES string of the molecule is CC(CCC(=O)[O-])[C@H]1CCC2C3CC[C@@H]4C[C@@H](N(CC(=O)O)C(=O)CC[C@@H](C(=O)[O-])N(CCN(CC(=O)[O-])CC(=O)[O-])CCN(CC(=O)[O-])CC(=O)[O-])CC[C@]4(C)C3CC[C@@]21C. The Morgan fingerprint density at radius 1 is 0.613 bits per heavy atom. The number of carbonyl (C=O) groups is 8. The first-order valence-corrected chi connectivity index (χ1v) is 22.0. The molecule has 19 heteroatoms. The minimum absolute atomic E-state index is 0.0273. The lowest BCUT2D eigenvalue weighted by molar-refractivity contribution is -0.314. The van der Waals surface area contributed by atoms with Gasteiger partial charge in [-0.15, -0.1) is 0 Å². The molecule has 4 rings (SSSR count). The maximum atomic E-state index is 14.0. The average molecular weight is 875 g/mol. The van der Waals surface area contributed by atoms with Crippen molar-refractivity contribution in [3.8, 4) is 0 Å². The van der Waals surface area contributed by atoms with Gasteiger partial charge in [-0.1, -0.05) is 20.8 Å². The molecule has 0 radical (unpaired) electrons. The number of fused-ring (bicyclic) bond motifs is 5. The molecule has 0 spiro atoms. The number of hydrogen-bond donors (Lipinski definition) is 1. The molecule has 1 amide bonds. The predicted molar refractivity (Wildman–Crippen MR) is 204 cm³/mol. The lowest BCUT2D eigenvalue weighted by atomic mass is 9.44. The molecular formula is C43H62N4O15-6. The maximum Gasteiger partial charge on any atom is 0.323 e. The molecule has 0 aromatic carbocycles. The van der Waals surface area contributed by atoms with Crippen LogP contribution in [0.5, 0.6) is 0 Å². The van der Waals surface area contributed by atoms with Crippen LogP contribution in [0.25, 0.3) is 0 Å². The number of rotatable bonds is 26. The third kappa shape index (κ3) is 12.9. The van der Waals surface area contributed by atoms with E-state index in [2.05, 4.69) is 20.8 Å². The van der Waals surface area contributed by atoms with E-state index in [4.69, 9.17) is 0 Å². The number of carboxylic acids is 7. The minimum Gasteiger partial charge on any atom is -0.550 e. The van der Waals surface area contributed by atoms with Gasteiger partial charge in [0.1, 0.15) is 6.54 Å². The van der Waals surface area contributed by atoms with Gasteiger partial charge in [0.15, 0.2) is 0 Å². The van der Waals surface area contributed by atoms with Gasteiger partial charge in [-0.2, -0.15) is 0 Å². The first-order valence-electron chi connectivity index (χ1n) is 22.0. The first kappa shape index (κ1) is 50.3. The third-order valence-corrected chi connectivity index (χ3v) is 15.4. The zero-order chi connectivity index (χ0) is 46.1. The summed E-state index contributed by atoms with van der Waals surface area (Å²) in [5.74, 6) is -8.62. The van der Waals surface area contributed by atoms with Gasteiger partial charge in [-0.3, -0.25) is 24.3 Å². The monoisotopic (exact) mass is 874 g/mol. The van der Waals surface area contributed by atoms with Gasteiger partial charge in [0.2, 0.25) is 5.91 Å². The smallest absolute Gasteiger partial charge is 0.323 e. The number of aliphatic carboxylic acids is 7. The maximum absolute atomic E-state index is 14.0. The molecule has 4 saturated carbocycles. The highest BCUT2D eigenvalue weighted by Gasteiger charge is 2.61. The molecule has 4 aliphatic rings. The minimum atomic E-state index is -1.69. The van der Waals surface area contributed by atoms with Crippen molar-refractivity contribution in [2.75, 3.05) is 58.9 Å². The summed E-state index contributed by atoms with van der Waals surface area (Å²) in [7, 11) is 0. The molecule has 0 bridgehead atoms. The second kappa shape index (κ2) is 21.8. The van der Waals surface area contributed by atoms with Crippen LogP contribution in [0.2, 0.25) is 0 Å². The van der Waals surface area contributed by atoms with Crippen molar-refractivity contribution in [1.82, 2.24) is 19.6 Å². The van der Waals surface area contributed by atoms with Crippen LogP contribution < -0.4 is 30.6 Å². The van der Waals surface area contributed by atoms with E-state index in [-0.39, 0.29) is 55.3 Å². The molecule has 0 aromatic rings. The number of carbonyl (C=O) groups excluding carboxylic acids is 7. The highest BCUT2D eigenvalue weighted by molar-refractivity contribution is 5.82. The van der Waals surface area contributed by atoms with Crippen molar-refractivity contribution < 1.29 is 74.1 Å². The second-order valence-corrected chi connectivity index (χ2v) is 18.9. The lowest BCUT2D eigenvalue weighted by Crippen LogP contribution is -2.57. The van der Waals surface area contributed by atoms with Crippen LogP contribution in [0.15, 0.2) is 0 Å². The molecule has 4 aliphatic carbocycles. The molecule has 350 valence electrons. The average Bonchev–Trinajstić information content (AvgIpc) is 3.52. The van der Waals surface area contributed by atoms with Crippen molar-refractivity contribution in [2.45, 2.75) is 116 Å². The zero-order valence-corrected chi connectivity index (χ0v) is 36.1. The molecule has 0 aromatic heterocycles. The molecule has 19 nitrogen and oxygen atoms in total. The predicted octanol–water partition coefficient (Wildman–Crippen LogP) is -5.10. The van der Waals surface area contributed by atoms with Crippen molar-refractivity contribution in [2.24, 2.45) is 46.3 Å². The van der Waals surface area contributed by atoms with E-state index >= 15 is 0 Å². The fraction of sp³-hybridized carbons (Fsp3) is 0.814. The molecule has 0 aliphatic heterocycles. The van der Waals surface area contributed by atoms with Gasteiger partial charge < -0.3 is 69.4 Å². The highest BCUT2D eigenvalue weighted by Crippen LogP contribution is 2.68. The van der Waals surface area contributed by atoms with E-state index in [0.717, 1.165) is 54.7 Å². The summed E-state index contributed by atoms with van der Waals surface area (Å²) in [5, 5.41) is 79.1. The summed E-state index contributed by atoms with van der Waals surface area (Å²) in [4.78, 5) is 99.6. The zero-order valence-electron chi connectivity index (χ0n) is 36.1. The number of amides is 1. The summed E-state index contributed by atoms with van der Waals surface area (Å²) >= 11 is 0. The standard InChI is InChI=1S/C43H68N4O15/c1-26(4-11-35(49)50)30-7-8-31-29-6-5-27-20-28(12-14-42(27,2)32(29)13-15-43(30,31)3)47(25-40(59)60)34(48)10-9-33(41(61)62)46(18-16-44(21-36(51)52)22-37(53)54)19-17-45(23-38(55)56)24-39(57)58/h26-33H,4-25H2,1-3H3,(H,49,50)(H,51,52)(H,53,54)(H,55,56)(H,57,58)(H,59,60)(H,61,62)/p-6/t26?,27-,28+,29?,30-,31?,32?,33+,42+,43-/m1/s1. The fourth-order valence-electron chi connectivity index (χ4n) is 12.6. The van der Waals surface area contributed by atoms with Gasteiger partial charge in [-0.05, 0) is 123 Å². The van der Waals surface area contributed by atoms with Gasteiger partial charge in [0, 0.05) is 76.8 Å². The fourth-order valence-corrected chi connectivity index (χ4v) is 12.6. The van der Waals surface area contributed by atoms with Crippen LogP contribution in [-0.2, 0) is 38.4 Å². The van der Waals surface area contributed by atoms with Crippen molar-refractivity contribution in [3.63, 3.8) is 0 Å². The van der Waals surface area contributed by atoms with Crippen LogP contribution >= 0.6 is 0 Å². The summed E-state index contributed by atoms with van der Waals surface area (Å²) in [6, 6.07) is -2.04. The molecule has 4 unspecified atom stereocenters. The molecule has 10 atom stereocenters. The van der Waals surface area contributed by atoms with Crippen molar-refractivity contribution >= 4 is 47.7 Å². The van der Waals surface area contributed by atoms with E-state index in [0.29, 0.717) is 42.9 Å². The Morgan fingerprint density at radius 3 is 1.65 bits per heavy atom. The topological polar surface area (TPSA) is 308 Å². The van der Waals surface area contributed by atoms with E-state index in [9.17, 15) is 74.1 Å². The van der Waals surface area contributed by atoms with Crippen LogP contribution in [0.1, 0.15) is 104 Å². The Hall–Kier alpha value is -4.36. The van der Waals surface area contributed by atoms with Crippen molar-refractivity contribution in [3.05, 3.63) is 0 Å². The van der Waals surface area contributed by atoms with E-state index < -0.39 is 105 Å². The molecule has 0 heterocycles. The normalized spacial score (nSPS) is 28.9. The highest BCUT2D eigenvalue weighted by atomic mass is 16.4. The number of carboxylic acid groups (broad SMARTS) is 7. The molecule has 62 heavy (non-hydrogen) atoms. The van der Waals surface area contributed by atoms with E-state index in [1.807, 2.05) is 0 Å². The molecule has 4 fully saturated rings.